The second-order valence-electron chi connectivity index (χ2n) is 5.48. The van der Waals surface area contributed by atoms with Gasteiger partial charge in [0.2, 0.25) is 5.91 Å². The number of fused-ring (bicyclic) bond motifs is 1. The van der Waals surface area contributed by atoms with Gasteiger partial charge < -0.3 is 4.74 Å². The van der Waals surface area contributed by atoms with Gasteiger partial charge in [0.15, 0.2) is 5.17 Å². The number of hydrogen-bond acceptors (Lipinski definition) is 5. The molecule has 5 nitrogen and oxygen atoms in total. The van der Waals surface area contributed by atoms with Gasteiger partial charge in [-0.05, 0) is 26.3 Å². The van der Waals surface area contributed by atoms with Crippen LogP contribution in [0.1, 0.15) is 31.0 Å². The largest absolute Gasteiger partial charge is 0.463 e. The van der Waals surface area contributed by atoms with Gasteiger partial charge in [0.25, 0.3) is 0 Å². The van der Waals surface area contributed by atoms with Crippen LogP contribution in [0.5, 0.6) is 0 Å². The van der Waals surface area contributed by atoms with Crippen LogP contribution in [0.2, 0.25) is 0 Å². The van der Waals surface area contributed by atoms with Gasteiger partial charge in [-0.3, -0.25) is 9.69 Å². The van der Waals surface area contributed by atoms with E-state index in [1.54, 1.807) is 18.7 Å². The van der Waals surface area contributed by atoms with Crippen LogP contribution >= 0.6 is 11.8 Å². The molecular weight excluding hydrogens is 312 g/mol. The van der Waals surface area contributed by atoms with Crippen LogP contribution in [0.25, 0.3) is 0 Å². The highest BCUT2D eigenvalue weighted by atomic mass is 32.2. The number of rotatable bonds is 3. The summed E-state index contributed by atoms with van der Waals surface area (Å²) in [5.74, 6) is -0.0957. The number of esters is 1. The second-order valence-corrected chi connectivity index (χ2v) is 6.42. The molecule has 0 unspecified atom stereocenters. The van der Waals surface area contributed by atoms with Crippen molar-refractivity contribution >= 4 is 28.8 Å². The average molecular weight is 330 g/mol. The maximum absolute atomic E-state index is 12.5. The maximum atomic E-state index is 12.5. The maximum Gasteiger partial charge on any atom is 0.338 e. The zero-order valence-corrected chi connectivity index (χ0v) is 14.1. The molecule has 3 rings (SSSR count). The van der Waals surface area contributed by atoms with Gasteiger partial charge in [-0.1, -0.05) is 41.6 Å². The molecule has 0 aromatic heterocycles. The lowest BCUT2D eigenvalue weighted by molar-refractivity contribution is -0.139. The molecule has 0 bridgehead atoms. The average Bonchev–Trinajstić information content (AvgIpc) is 2.88. The Hall–Kier alpha value is -2.08. The summed E-state index contributed by atoms with van der Waals surface area (Å²) < 4.78 is 5.20. The van der Waals surface area contributed by atoms with Crippen LogP contribution in [-0.2, 0) is 14.3 Å². The first-order valence-corrected chi connectivity index (χ1v) is 8.49. The topological polar surface area (TPSA) is 59.0 Å². The summed E-state index contributed by atoms with van der Waals surface area (Å²) in [6.07, 6.45) is 0. The third kappa shape index (κ3) is 2.79. The van der Waals surface area contributed by atoms with E-state index in [1.165, 1.54) is 11.8 Å². The third-order valence-corrected chi connectivity index (χ3v) is 4.81. The lowest BCUT2D eigenvalue weighted by atomic mass is 9.94. The number of amides is 1. The van der Waals surface area contributed by atoms with E-state index in [2.05, 4.69) is 4.99 Å². The predicted molar refractivity (Wildman–Crippen MR) is 90.0 cm³/mol. The van der Waals surface area contributed by atoms with Crippen LogP contribution in [0.4, 0.5) is 0 Å². The number of thioether (sulfide) groups is 1. The van der Waals surface area contributed by atoms with E-state index in [1.807, 2.05) is 31.2 Å². The van der Waals surface area contributed by atoms with Gasteiger partial charge in [-0.15, -0.1) is 0 Å². The van der Waals surface area contributed by atoms with E-state index >= 15 is 0 Å². The second kappa shape index (κ2) is 6.20. The smallest absolute Gasteiger partial charge is 0.338 e. The van der Waals surface area contributed by atoms with E-state index in [-0.39, 0.29) is 12.5 Å². The molecule has 1 amide bonds. The summed E-state index contributed by atoms with van der Waals surface area (Å²) in [4.78, 5) is 30.9. The summed E-state index contributed by atoms with van der Waals surface area (Å²) in [7, 11) is 0. The number of carbonyl (C=O) groups is 2. The van der Waals surface area contributed by atoms with Gasteiger partial charge in [0.05, 0.1) is 29.7 Å². The molecule has 2 aliphatic heterocycles. The molecule has 1 aromatic carbocycles. The summed E-state index contributed by atoms with van der Waals surface area (Å²) in [5, 5.41) is 0.658. The molecule has 0 saturated carbocycles. The predicted octanol–water partition coefficient (Wildman–Crippen LogP) is 2.82. The number of aliphatic imine (C=N–C) groups is 1. The standard InChI is InChI=1S/C17H18N2O3S/c1-4-22-16(21)14-11(3)18-17-19(13(20)9-23-17)15(14)12-7-5-10(2)6-8-12/h5-8,15H,4,9H2,1-3H3/t15-/m0/s1. The minimum absolute atomic E-state index is 0.0337. The fraction of sp³-hybridized carbons (Fsp3) is 0.353. The summed E-state index contributed by atoms with van der Waals surface area (Å²) in [5.41, 5.74) is 3.07. The molecule has 1 aromatic rings. The first-order chi connectivity index (χ1) is 11.0. The Morgan fingerprint density at radius 3 is 2.70 bits per heavy atom. The quantitative estimate of drug-likeness (QED) is 0.800. The normalized spacial score (nSPS) is 20.5. The fourth-order valence-electron chi connectivity index (χ4n) is 2.78. The molecule has 2 aliphatic rings. The van der Waals surface area contributed by atoms with Crippen molar-refractivity contribution in [1.29, 1.82) is 0 Å². The highest BCUT2D eigenvalue weighted by Gasteiger charge is 2.43. The highest BCUT2D eigenvalue weighted by Crippen LogP contribution is 2.40. The fourth-order valence-corrected chi connectivity index (χ4v) is 3.72. The van der Waals surface area contributed by atoms with E-state index in [0.717, 1.165) is 11.1 Å². The van der Waals surface area contributed by atoms with E-state index in [0.29, 0.717) is 22.2 Å². The van der Waals surface area contributed by atoms with Crippen LogP contribution in [0.15, 0.2) is 40.5 Å². The van der Waals surface area contributed by atoms with Crippen molar-refractivity contribution in [2.24, 2.45) is 4.99 Å². The molecule has 1 fully saturated rings. The number of nitrogens with zero attached hydrogens (tertiary/aromatic N) is 2. The number of allylic oxidation sites excluding steroid dienone is 1. The van der Waals surface area contributed by atoms with Crippen LogP contribution in [0, 0.1) is 6.92 Å². The van der Waals surface area contributed by atoms with E-state index in [4.69, 9.17) is 4.74 Å². The molecule has 6 heteroatoms. The number of amidine groups is 1. The van der Waals surface area contributed by atoms with E-state index in [9.17, 15) is 9.59 Å². The summed E-state index contributed by atoms with van der Waals surface area (Å²) >= 11 is 1.41. The number of carbonyl (C=O) groups excluding carboxylic acids is 2. The molecule has 120 valence electrons. The Bertz CT molecular complexity index is 722. The minimum atomic E-state index is -0.468. The van der Waals surface area contributed by atoms with Crippen molar-refractivity contribution in [1.82, 2.24) is 4.90 Å². The lowest BCUT2D eigenvalue weighted by Gasteiger charge is -2.32. The molecular formula is C17H18N2O3S. The van der Waals surface area contributed by atoms with Crippen LogP contribution < -0.4 is 0 Å². The summed E-state index contributed by atoms with van der Waals surface area (Å²) in [6.45, 7) is 5.85. The van der Waals surface area contributed by atoms with Crippen molar-refractivity contribution in [2.75, 3.05) is 12.4 Å². The molecule has 0 spiro atoms. The Labute approximate surface area is 139 Å². The van der Waals surface area contributed by atoms with Crippen molar-refractivity contribution in [3.05, 3.63) is 46.7 Å². The number of ether oxygens (including phenoxy) is 1. The molecule has 0 N–H and O–H groups in total. The van der Waals surface area contributed by atoms with Crippen molar-refractivity contribution in [3.8, 4) is 0 Å². The molecule has 0 aliphatic carbocycles. The van der Waals surface area contributed by atoms with Crippen molar-refractivity contribution in [2.45, 2.75) is 26.8 Å². The minimum Gasteiger partial charge on any atom is -0.463 e. The van der Waals surface area contributed by atoms with Crippen LogP contribution in [-0.4, -0.2) is 34.3 Å². The Kier molecular flexibility index (Phi) is 4.26. The van der Waals surface area contributed by atoms with E-state index < -0.39 is 12.0 Å². The van der Waals surface area contributed by atoms with Gasteiger partial charge in [-0.2, -0.15) is 0 Å². The zero-order valence-electron chi connectivity index (χ0n) is 13.3. The number of benzene rings is 1. The SMILES string of the molecule is CCOC(=O)C1=C(C)N=C2SCC(=O)N2[C@H]1c1ccc(C)cc1. The Morgan fingerprint density at radius 2 is 2.04 bits per heavy atom. The van der Waals surface area contributed by atoms with Gasteiger partial charge in [0, 0.05) is 0 Å². The van der Waals surface area contributed by atoms with Gasteiger partial charge >= 0.3 is 5.97 Å². The number of hydrogen-bond donors (Lipinski definition) is 0. The van der Waals surface area contributed by atoms with Gasteiger partial charge in [0.1, 0.15) is 0 Å². The Morgan fingerprint density at radius 1 is 1.35 bits per heavy atom. The zero-order chi connectivity index (χ0) is 16.6. The first-order valence-electron chi connectivity index (χ1n) is 7.51. The molecule has 2 heterocycles. The Balaban J connectivity index is 2.13. The molecule has 1 saturated heterocycles. The molecule has 1 atom stereocenters. The van der Waals surface area contributed by atoms with Crippen LogP contribution in [0.3, 0.4) is 0 Å². The molecule has 23 heavy (non-hydrogen) atoms. The first kappa shape index (κ1) is 15.8. The van der Waals surface area contributed by atoms with Crippen molar-refractivity contribution in [3.63, 3.8) is 0 Å². The number of aryl methyl sites for hydroxylation is 1. The van der Waals surface area contributed by atoms with Crippen molar-refractivity contribution < 1.29 is 14.3 Å². The summed E-state index contributed by atoms with van der Waals surface area (Å²) in [6, 6.07) is 7.39. The lowest BCUT2D eigenvalue weighted by Crippen LogP contribution is -2.39. The molecule has 0 radical (unpaired) electrons. The highest BCUT2D eigenvalue weighted by molar-refractivity contribution is 8.15. The van der Waals surface area contributed by atoms with Gasteiger partial charge in [-0.25, -0.2) is 9.79 Å². The third-order valence-electron chi connectivity index (χ3n) is 3.87. The monoisotopic (exact) mass is 330 g/mol.